The summed E-state index contributed by atoms with van der Waals surface area (Å²) in [6.07, 6.45) is 7.50. The second-order valence-electron chi connectivity index (χ2n) is 2.12. The van der Waals surface area contributed by atoms with Crippen LogP contribution in [-0.4, -0.2) is 11.5 Å². The first-order valence-electron chi connectivity index (χ1n) is 3.41. The predicted molar refractivity (Wildman–Crippen MR) is 45.7 cm³/mol. The number of rotatable bonds is 5. The largest absolute Gasteiger partial charge is 0.162 e. The zero-order valence-electron chi connectivity index (χ0n) is 6.26. The summed E-state index contributed by atoms with van der Waals surface area (Å²) in [7, 11) is 0. The molecule has 0 heterocycles. The summed E-state index contributed by atoms with van der Waals surface area (Å²) in [6, 6.07) is 0. The Morgan fingerprint density at radius 3 is 2.67 bits per heavy atom. The van der Waals surface area contributed by atoms with Crippen LogP contribution in [0, 0.1) is 6.58 Å². The number of thioether (sulfide) groups is 1. The molecule has 0 aliphatic carbocycles. The van der Waals surface area contributed by atoms with Crippen molar-refractivity contribution in [3.05, 3.63) is 12.7 Å². The van der Waals surface area contributed by atoms with Crippen molar-refractivity contribution >= 4 is 11.8 Å². The second-order valence-corrected chi connectivity index (χ2v) is 3.26. The molecule has 0 saturated carbocycles. The molecule has 0 fully saturated rings. The first kappa shape index (κ1) is 9.09. The lowest BCUT2D eigenvalue weighted by molar-refractivity contribution is 0.748. The van der Waals surface area contributed by atoms with Gasteiger partial charge in [-0.2, -0.15) is 11.8 Å². The van der Waals surface area contributed by atoms with Gasteiger partial charge in [-0.05, 0) is 19.1 Å². The molecule has 0 nitrogen and oxygen atoms in total. The first-order valence-corrected chi connectivity index (χ1v) is 4.70. The summed E-state index contributed by atoms with van der Waals surface area (Å²) in [5.41, 5.74) is 0. The standard InChI is InChI=1S/C8H15S/c1-4-6-8(9-3)7-5-2/h1,4,8H,5-7H2,2-3H3. The molecular weight excluding hydrogens is 128 g/mol. The van der Waals surface area contributed by atoms with E-state index in [-0.39, 0.29) is 0 Å². The summed E-state index contributed by atoms with van der Waals surface area (Å²) < 4.78 is 0. The maximum Gasteiger partial charge on any atom is 0.00787 e. The molecular formula is C8H15S. The van der Waals surface area contributed by atoms with E-state index in [1.165, 1.54) is 12.8 Å². The summed E-state index contributed by atoms with van der Waals surface area (Å²) in [5.74, 6) is 0. The van der Waals surface area contributed by atoms with Crippen molar-refractivity contribution in [2.45, 2.75) is 31.4 Å². The van der Waals surface area contributed by atoms with Crippen molar-refractivity contribution in [2.75, 3.05) is 6.26 Å². The van der Waals surface area contributed by atoms with Gasteiger partial charge >= 0.3 is 0 Å². The van der Waals surface area contributed by atoms with E-state index in [9.17, 15) is 0 Å². The Hall–Kier alpha value is 0.0900. The molecule has 0 bridgehead atoms. The summed E-state index contributed by atoms with van der Waals surface area (Å²) in [4.78, 5) is 0. The van der Waals surface area contributed by atoms with Gasteiger partial charge in [-0.25, -0.2) is 0 Å². The fourth-order valence-electron chi connectivity index (χ4n) is 0.806. The van der Waals surface area contributed by atoms with Crippen LogP contribution in [0.4, 0.5) is 0 Å². The van der Waals surface area contributed by atoms with Gasteiger partial charge in [-0.3, -0.25) is 0 Å². The fraction of sp³-hybridized carbons (Fsp3) is 0.750. The maximum atomic E-state index is 5.30. The third-order valence-electron chi connectivity index (χ3n) is 1.34. The van der Waals surface area contributed by atoms with E-state index in [1.807, 2.05) is 11.8 Å². The average molecular weight is 143 g/mol. The molecule has 0 amide bonds. The quantitative estimate of drug-likeness (QED) is 0.570. The Morgan fingerprint density at radius 2 is 2.33 bits per heavy atom. The molecule has 53 valence electrons. The molecule has 0 saturated heterocycles. The topological polar surface area (TPSA) is 0 Å². The molecule has 0 aliphatic heterocycles. The number of allylic oxidation sites excluding steroid dienone is 1. The molecule has 1 unspecified atom stereocenters. The molecule has 1 atom stereocenters. The lowest BCUT2D eigenvalue weighted by atomic mass is 10.2. The molecule has 0 aromatic heterocycles. The minimum atomic E-state index is 0.750. The zero-order valence-corrected chi connectivity index (χ0v) is 7.08. The van der Waals surface area contributed by atoms with Crippen molar-refractivity contribution < 1.29 is 0 Å². The smallest absolute Gasteiger partial charge is 0.00787 e. The third-order valence-corrected chi connectivity index (χ3v) is 2.44. The van der Waals surface area contributed by atoms with Gasteiger partial charge in [0.25, 0.3) is 0 Å². The van der Waals surface area contributed by atoms with Crippen LogP contribution >= 0.6 is 11.8 Å². The minimum Gasteiger partial charge on any atom is -0.162 e. The Bertz CT molecular complexity index is 69.0. The molecule has 1 radical (unpaired) electrons. The van der Waals surface area contributed by atoms with E-state index < -0.39 is 0 Å². The van der Waals surface area contributed by atoms with E-state index in [0.29, 0.717) is 0 Å². The van der Waals surface area contributed by atoms with Crippen molar-refractivity contribution in [3.8, 4) is 0 Å². The van der Waals surface area contributed by atoms with Crippen LogP contribution in [-0.2, 0) is 0 Å². The van der Waals surface area contributed by atoms with Gasteiger partial charge in [0.05, 0.1) is 0 Å². The Labute approximate surface area is 62.7 Å². The summed E-state index contributed by atoms with van der Waals surface area (Å²) >= 11 is 1.91. The monoisotopic (exact) mass is 143 g/mol. The molecule has 9 heavy (non-hydrogen) atoms. The van der Waals surface area contributed by atoms with Crippen LogP contribution in [0.1, 0.15) is 26.2 Å². The number of hydrogen-bond acceptors (Lipinski definition) is 1. The molecule has 0 aliphatic rings. The lowest BCUT2D eigenvalue weighted by Gasteiger charge is -2.08. The molecule has 0 N–H and O–H groups in total. The predicted octanol–water partition coefficient (Wildman–Crippen LogP) is 2.90. The lowest BCUT2D eigenvalue weighted by Crippen LogP contribution is -1.98. The number of hydrogen-bond donors (Lipinski definition) is 0. The highest BCUT2D eigenvalue weighted by Gasteiger charge is 2.00. The molecule has 0 spiro atoms. The summed E-state index contributed by atoms with van der Waals surface area (Å²) in [6.45, 7) is 7.51. The van der Waals surface area contributed by atoms with Crippen LogP contribution in [0.5, 0.6) is 0 Å². The Morgan fingerprint density at radius 1 is 1.67 bits per heavy atom. The highest BCUT2D eigenvalue weighted by atomic mass is 32.2. The van der Waals surface area contributed by atoms with Crippen molar-refractivity contribution in [1.29, 1.82) is 0 Å². The van der Waals surface area contributed by atoms with Crippen molar-refractivity contribution in [1.82, 2.24) is 0 Å². The SMILES string of the molecule is [CH]=CCC(CCC)SC. The van der Waals surface area contributed by atoms with E-state index in [0.717, 1.165) is 11.7 Å². The third kappa shape index (κ3) is 4.58. The van der Waals surface area contributed by atoms with E-state index in [1.54, 1.807) is 6.08 Å². The summed E-state index contributed by atoms with van der Waals surface area (Å²) in [5, 5.41) is 0.750. The highest BCUT2D eigenvalue weighted by molar-refractivity contribution is 7.99. The van der Waals surface area contributed by atoms with Crippen LogP contribution < -0.4 is 0 Å². The Balaban J connectivity index is 3.28. The second kappa shape index (κ2) is 6.21. The van der Waals surface area contributed by atoms with Crippen LogP contribution in [0.2, 0.25) is 0 Å². The van der Waals surface area contributed by atoms with Crippen molar-refractivity contribution in [2.24, 2.45) is 0 Å². The van der Waals surface area contributed by atoms with Crippen LogP contribution in [0.25, 0.3) is 0 Å². The van der Waals surface area contributed by atoms with Gasteiger partial charge in [0.2, 0.25) is 0 Å². The molecule has 0 aromatic carbocycles. The van der Waals surface area contributed by atoms with Gasteiger partial charge in [0.15, 0.2) is 0 Å². The van der Waals surface area contributed by atoms with Gasteiger partial charge in [-0.15, -0.1) is 0 Å². The average Bonchev–Trinajstić information content (AvgIpc) is 1.88. The van der Waals surface area contributed by atoms with E-state index in [2.05, 4.69) is 13.2 Å². The normalized spacial score (nSPS) is 13.1. The van der Waals surface area contributed by atoms with Crippen LogP contribution in [0.3, 0.4) is 0 Å². The first-order chi connectivity index (χ1) is 4.35. The van der Waals surface area contributed by atoms with Crippen molar-refractivity contribution in [3.63, 3.8) is 0 Å². The van der Waals surface area contributed by atoms with Gasteiger partial charge in [-0.1, -0.05) is 26.0 Å². The van der Waals surface area contributed by atoms with Crippen LogP contribution in [0.15, 0.2) is 6.08 Å². The van der Waals surface area contributed by atoms with E-state index in [4.69, 9.17) is 6.58 Å². The van der Waals surface area contributed by atoms with Gasteiger partial charge in [0, 0.05) is 5.25 Å². The van der Waals surface area contributed by atoms with E-state index >= 15 is 0 Å². The minimum absolute atomic E-state index is 0.750. The molecule has 1 heteroatoms. The van der Waals surface area contributed by atoms with Gasteiger partial charge < -0.3 is 0 Å². The Kier molecular flexibility index (Phi) is 6.28. The zero-order chi connectivity index (χ0) is 7.11. The molecule has 0 rings (SSSR count). The molecule has 0 aromatic rings. The maximum absolute atomic E-state index is 5.30. The van der Waals surface area contributed by atoms with Gasteiger partial charge in [0.1, 0.15) is 0 Å². The fourth-order valence-corrected chi connectivity index (χ4v) is 1.58. The highest BCUT2D eigenvalue weighted by Crippen LogP contribution is 2.16.